The molecule has 6 nitrogen and oxygen atoms in total. The number of hydrogen-bond donors (Lipinski definition) is 2. The SMILES string of the molecule is CC(C)(C)NS(=O)(=O)c1ccc(C(=O)NCCCN2CCCCCC2)cc1. The summed E-state index contributed by atoms with van der Waals surface area (Å²) in [5.41, 5.74) is -0.0816. The van der Waals surface area contributed by atoms with Crippen LogP contribution in [0.3, 0.4) is 0 Å². The normalized spacial score (nSPS) is 16.7. The first kappa shape index (κ1) is 21.9. The molecule has 1 amide bonds. The van der Waals surface area contributed by atoms with E-state index in [1.54, 1.807) is 32.9 Å². The number of carbonyl (C=O) groups excluding carboxylic acids is 1. The maximum Gasteiger partial charge on any atom is 0.251 e. The Hall–Kier alpha value is -1.44. The van der Waals surface area contributed by atoms with Crippen molar-refractivity contribution in [3.05, 3.63) is 29.8 Å². The molecule has 2 N–H and O–H groups in total. The van der Waals surface area contributed by atoms with Crippen molar-refractivity contribution in [3.8, 4) is 0 Å². The lowest BCUT2D eigenvalue weighted by Gasteiger charge is -2.20. The highest BCUT2D eigenvalue weighted by Gasteiger charge is 2.22. The van der Waals surface area contributed by atoms with Crippen molar-refractivity contribution in [2.75, 3.05) is 26.2 Å². The summed E-state index contributed by atoms with van der Waals surface area (Å²) >= 11 is 0. The molecule has 0 aliphatic carbocycles. The smallest absolute Gasteiger partial charge is 0.251 e. The van der Waals surface area contributed by atoms with Gasteiger partial charge in [0.1, 0.15) is 0 Å². The van der Waals surface area contributed by atoms with E-state index in [4.69, 9.17) is 0 Å². The van der Waals surface area contributed by atoms with Crippen LogP contribution in [0.4, 0.5) is 0 Å². The molecule has 0 saturated carbocycles. The molecule has 1 aromatic rings. The molecule has 0 aromatic heterocycles. The van der Waals surface area contributed by atoms with Crippen molar-refractivity contribution in [1.29, 1.82) is 0 Å². The molecule has 1 heterocycles. The van der Waals surface area contributed by atoms with E-state index in [1.165, 1.54) is 37.8 Å². The Morgan fingerprint density at radius 1 is 1.04 bits per heavy atom. The van der Waals surface area contributed by atoms with Crippen LogP contribution in [0.15, 0.2) is 29.2 Å². The van der Waals surface area contributed by atoms with Gasteiger partial charge in [-0.05, 0) is 83.9 Å². The number of rotatable bonds is 7. The van der Waals surface area contributed by atoms with E-state index in [0.29, 0.717) is 12.1 Å². The van der Waals surface area contributed by atoms with Crippen LogP contribution < -0.4 is 10.0 Å². The number of nitrogens with zero attached hydrogens (tertiary/aromatic N) is 1. The zero-order valence-corrected chi connectivity index (χ0v) is 17.6. The summed E-state index contributed by atoms with van der Waals surface area (Å²) in [6.07, 6.45) is 6.11. The van der Waals surface area contributed by atoms with Gasteiger partial charge in [-0.1, -0.05) is 12.8 Å². The van der Waals surface area contributed by atoms with Crippen molar-refractivity contribution in [1.82, 2.24) is 14.9 Å². The molecule has 1 saturated heterocycles. The van der Waals surface area contributed by atoms with Crippen molar-refractivity contribution in [2.45, 2.75) is 63.3 Å². The zero-order valence-electron chi connectivity index (χ0n) is 16.8. The third-order valence-corrected chi connectivity index (χ3v) is 6.28. The van der Waals surface area contributed by atoms with Gasteiger partial charge in [-0.3, -0.25) is 4.79 Å². The first-order valence-electron chi connectivity index (χ1n) is 9.82. The fraction of sp³-hybridized carbons (Fsp3) is 0.650. The molecular weight excluding hydrogens is 362 g/mol. The van der Waals surface area contributed by atoms with Gasteiger partial charge < -0.3 is 10.2 Å². The summed E-state index contributed by atoms with van der Waals surface area (Å²) in [5, 5.41) is 2.92. The van der Waals surface area contributed by atoms with E-state index < -0.39 is 15.6 Å². The van der Waals surface area contributed by atoms with Gasteiger partial charge in [-0.15, -0.1) is 0 Å². The van der Waals surface area contributed by atoms with Crippen LogP contribution in [-0.2, 0) is 10.0 Å². The highest BCUT2D eigenvalue weighted by atomic mass is 32.2. The standard InChI is InChI=1S/C20H33N3O3S/c1-20(2,3)22-27(25,26)18-11-9-17(10-12-18)19(24)21-13-8-16-23-14-6-4-5-7-15-23/h9-12,22H,4-8,13-16H2,1-3H3,(H,21,24). The topological polar surface area (TPSA) is 78.5 Å². The molecule has 7 heteroatoms. The fourth-order valence-corrected chi connectivity index (χ4v) is 4.63. The van der Waals surface area contributed by atoms with Crippen LogP contribution >= 0.6 is 0 Å². The minimum absolute atomic E-state index is 0.162. The van der Waals surface area contributed by atoms with Crippen molar-refractivity contribution < 1.29 is 13.2 Å². The van der Waals surface area contributed by atoms with Gasteiger partial charge >= 0.3 is 0 Å². The first-order valence-corrected chi connectivity index (χ1v) is 11.3. The molecule has 0 radical (unpaired) electrons. The second-order valence-electron chi connectivity index (χ2n) is 8.25. The highest BCUT2D eigenvalue weighted by molar-refractivity contribution is 7.89. The Kier molecular flexibility index (Phi) is 7.82. The largest absolute Gasteiger partial charge is 0.352 e. The van der Waals surface area contributed by atoms with Crippen LogP contribution in [0.25, 0.3) is 0 Å². The van der Waals surface area contributed by atoms with Crippen LogP contribution in [0.5, 0.6) is 0 Å². The number of carbonyl (C=O) groups is 1. The molecule has 2 rings (SSSR count). The Morgan fingerprint density at radius 2 is 1.63 bits per heavy atom. The predicted octanol–water partition coefficient (Wildman–Crippen LogP) is 2.76. The molecule has 0 unspecified atom stereocenters. The van der Waals surface area contributed by atoms with Gasteiger partial charge in [0.05, 0.1) is 4.90 Å². The van der Waals surface area contributed by atoms with Crippen molar-refractivity contribution >= 4 is 15.9 Å². The quantitative estimate of drug-likeness (QED) is 0.696. The molecular formula is C20H33N3O3S. The lowest BCUT2D eigenvalue weighted by molar-refractivity contribution is 0.0951. The van der Waals surface area contributed by atoms with E-state index >= 15 is 0 Å². The summed E-state index contributed by atoms with van der Waals surface area (Å²) < 4.78 is 27.2. The van der Waals surface area contributed by atoms with E-state index in [9.17, 15) is 13.2 Å². The summed E-state index contributed by atoms with van der Waals surface area (Å²) in [6.45, 7) is 9.32. The van der Waals surface area contributed by atoms with Gasteiger partial charge in [0, 0.05) is 17.6 Å². The highest BCUT2D eigenvalue weighted by Crippen LogP contribution is 2.14. The third-order valence-electron chi connectivity index (χ3n) is 4.50. The molecule has 1 aliphatic heterocycles. The summed E-state index contributed by atoms with van der Waals surface area (Å²) in [7, 11) is -3.58. The average Bonchev–Trinajstić information content (AvgIpc) is 2.85. The van der Waals surface area contributed by atoms with Gasteiger partial charge in [0.15, 0.2) is 0 Å². The van der Waals surface area contributed by atoms with Crippen molar-refractivity contribution in [3.63, 3.8) is 0 Å². The van der Waals surface area contributed by atoms with Gasteiger partial charge in [0.2, 0.25) is 10.0 Å². The molecule has 0 spiro atoms. The second-order valence-corrected chi connectivity index (χ2v) is 9.93. The maximum absolute atomic E-state index is 12.3. The van der Waals surface area contributed by atoms with Crippen LogP contribution in [0.2, 0.25) is 0 Å². The first-order chi connectivity index (χ1) is 12.7. The molecule has 1 fully saturated rings. The van der Waals surface area contributed by atoms with Gasteiger partial charge in [0.25, 0.3) is 5.91 Å². The Balaban J connectivity index is 1.81. The van der Waals surface area contributed by atoms with Gasteiger partial charge in [-0.2, -0.15) is 0 Å². The lowest BCUT2D eigenvalue weighted by Crippen LogP contribution is -2.40. The Bertz CT molecular complexity index is 701. The van der Waals surface area contributed by atoms with Crippen LogP contribution in [0, 0.1) is 0 Å². The maximum atomic E-state index is 12.3. The summed E-state index contributed by atoms with van der Waals surface area (Å²) in [4.78, 5) is 14.9. The summed E-state index contributed by atoms with van der Waals surface area (Å²) in [5.74, 6) is -0.168. The van der Waals surface area contributed by atoms with Crippen LogP contribution in [-0.4, -0.2) is 50.9 Å². The number of nitrogens with one attached hydrogen (secondary N) is 2. The zero-order chi connectivity index (χ0) is 19.9. The molecule has 27 heavy (non-hydrogen) atoms. The number of sulfonamides is 1. The van der Waals surface area contributed by atoms with E-state index in [1.807, 2.05) is 0 Å². The van der Waals surface area contributed by atoms with Crippen LogP contribution in [0.1, 0.15) is 63.2 Å². The minimum Gasteiger partial charge on any atom is -0.352 e. The number of likely N-dealkylation sites (tertiary alicyclic amines) is 1. The number of benzene rings is 1. The minimum atomic E-state index is -3.58. The average molecular weight is 396 g/mol. The summed E-state index contributed by atoms with van der Waals surface area (Å²) in [6, 6.07) is 6.06. The molecule has 1 aromatic carbocycles. The van der Waals surface area contributed by atoms with E-state index in [2.05, 4.69) is 14.9 Å². The van der Waals surface area contributed by atoms with Gasteiger partial charge in [-0.25, -0.2) is 13.1 Å². The Morgan fingerprint density at radius 3 is 2.19 bits per heavy atom. The molecule has 0 atom stereocenters. The molecule has 1 aliphatic rings. The van der Waals surface area contributed by atoms with E-state index in [0.717, 1.165) is 26.1 Å². The number of hydrogen-bond acceptors (Lipinski definition) is 4. The Labute approximate surface area is 163 Å². The number of amides is 1. The molecule has 152 valence electrons. The lowest BCUT2D eigenvalue weighted by atomic mass is 10.1. The monoisotopic (exact) mass is 395 g/mol. The van der Waals surface area contributed by atoms with Crippen molar-refractivity contribution in [2.24, 2.45) is 0 Å². The van der Waals surface area contributed by atoms with E-state index in [-0.39, 0.29) is 10.8 Å². The fourth-order valence-electron chi connectivity index (χ4n) is 3.21. The second kappa shape index (κ2) is 9.66. The predicted molar refractivity (Wildman–Crippen MR) is 108 cm³/mol. The molecule has 0 bridgehead atoms. The third kappa shape index (κ3) is 7.60.